The van der Waals surface area contributed by atoms with E-state index in [1.54, 1.807) is 12.1 Å². The van der Waals surface area contributed by atoms with E-state index in [9.17, 15) is 4.39 Å². The van der Waals surface area contributed by atoms with Gasteiger partial charge in [0.2, 0.25) is 0 Å². The summed E-state index contributed by atoms with van der Waals surface area (Å²) >= 11 is 4.62. The minimum Gasteiger partial charge on any atom is -0.323 e. The summed E-state index contributed by atoms with van der Waals surface area (Å²) < 4.78 is 14.4. The highest BCUT2D eigenvalue weighted by atomic mass is 79.9. The van der Waals surface area contributed by atoms with Crippen molar-refractivity contribution in [1.82, 2.24) is 4.98 Å². The fourth-order valence-corrected chi connectivity index (χ4v) is 2.57. The monoisotopic (exact) mass is 300 g/mol. The number of hydrogen-bond donors (Lipinski definition) is 1. The second-order valence-corrected chi connectivity index (χ2v) is 5.26. The van der Waals surface area contributed by atoms with Gasteiger partial charge in [-0.05, 0) is 25.1 Å². The zero-order valence-electron chi connectivity index (χ0n) is 8.58. The van der Waals surface area contributed by atoms with Crippen LogP contribution in [0.25, 0.3) is 10.6 Å². The highest BCUT2D eigenvalue weighted by molar-refractivity contribution is 9.10. The number of hydrogen-bond acceptors (Lipinski definition) is 3. The average molecular weight is 301 g/mol. The van der Waals surface area contributed by atoms with Crippen molar-refractivity contribution in [2.75, 3.05) is 0 Å². The van der Waals surface area contributed by atoms with Crippen molar-refractivity contribution in [2.24, 2.45) is 5.73 Å². The highest BCUT2D eigenvalue weighted by Gasteiger charge is 2.11. The van der Waals surface area contributed by atoms with Gasteiger partial charge in [0.25, 0.3) is 0 Å². The van der Waals surface area contributed by atoms with Crippen LogP contribution in [0.3, 0.4) is 0 Å². The number of thiazole rings is 1. The van der Waals surface area contributed by atoms with Crippen LogP contribution in [0.5, 0.6) is 0 Å². The largest absolute Gasteiger partial charge is 0.323 e. The summed E-state index contributed by atoms with van der Waals surface area (Å²) in [4.78, 5) is 4.31. The maximum atomic E-state index is 13.7. The quantitative estimate of drug-likeness (QED) is 0.918. The maximum Gasteiger partial charge on any atom is 0.134 e. The van der Waals surface area contributed by atoms with Crippen LogP contribution in [0.15, 0.2) is 28.1 Å². The molecule has 1 aromatic heterocycles. The first-order valence-corrected chi connectivity index (χ1v) is 6.41. The molecular weight excluding hydrogens is 291 g/mol. The van der Waals surface area contributed by atoms with Gasteiger partial charge in [0.1, 0.15) is 10.8 Å². The minimum absolute atomic E-state index is 0.122. The predicted octanol–water partition coefficient (Wildman–Crippen LogP) is 3.73. The van der Waals surface area contributed by atoms with Gasteiger partial charge in [-0.15, -0.1) is 11.3 Å². The van der Waals surface area contributed by atoms with Crippen LogP contribution >= 0.6 is 27.3 Å². The molecule has 1 atom stereocenters. The summed E-state index contributed by atoms with van der Waals surface area (Å²) in [6.07, 6.45) is 0. The molecule has 0 radical (unpaired) electrons. The molecule has 84 valence electrons. The Kier molecular flexibility index (Phi) is 3.37. The summed E-state index contributed by atoms with van der Waals surface area (Å²) in [5, 5.41) is 2.53. The second-order valence-electron chi connectivity index (χ2n) is 3.49. The van der Waals surface area contributed by atoms with Crippen LogP contribution in [-0.2, 0) is 0 Å². The lowest BCUT2D eigenvalue weighted by Gasteiger charge is -2.00. The third kappa shape index (κ3) is 2.31. The van der Waals surface area contributed by atoms with E-state index in [1.165, 1.54) is 17.4 Å². The van der Waals surface area contributed by atoms with Crippen LogP contribution in [0, 0.1) is 5.82 Å². The van der Waals surface area contributed by atoms with Gasteiger partial charge >= 0.3 is 0 Å². The Morgan fingerprint density at radius 1 is 1.50 bits per heavy atom. The van der Waals surface area contributed by atoms with Crippen LogP contribution in [0.2, 0.25) is 0 Å². The molecule has 2 nitrogen and oxygen atoms in total. The van der Waals surface area contributed by atoms with Gasteiger partial charge in [-0.3, -0.25) is 0 Å². The van der Waals surface area contributed by atoms with Crippen molar-refractivity contribution in [3.63, 3.8) is 0 Å². The molecule has 0 saturated heterocycles. The summed E-state index contributed by atoms with van der Waals surface area (Å²) in [5.74, 6) is -0.278. The van der Waals surface area contributed by atoms with Crippen LogP contribution in [0.1, 0.15) is 18.7 Å². The Bertz CT molecular complexity index is 510. The number of nitrogens with two attached hydrogens (primary N) is 1. The molecular formula is C11H10BrFN2S. The van der Waals surface area contributed by atoms with E-state index in [1.807, 2.05) is 12.3 Å². The Morgan fingerprint density at radius 3 is 2.81 bits per heavy atom. The molecule has 0 amide bonds. The fraction of sp³-hybridized carbons (Fsp3) is 0.182. The van der Waals surface area contributed by atoms with Crippen molar-refractivity contribution in [1.29, 1.82) is 0 Å². The summed E-state index contributed by atoms with van der Waals surface area (Å²) in [7, 11) is 0. The Labute approximate surface area is 105 Å². The molecule has 1 aromatic carbocycles. The van der Waals surface area contributed by atoms with Gasteiger partial charge < -0.3 is 5.73 Å². The molecule has 5 heteroatoms. The molecule has 2 N–H and O–H groups in total. The summed E-state index contributed by atoms with van der Waals surface area (Å²) in [5.41, 5.74) is 7.02. The van der Waals surface area contributed by atoms with E-state index < -0.39 is 0 Å². The molecule has 0 aliphatic carbocycles. The number of rotatable bonds is 2. The zero-order valence-corrected chi connectivity index (χ0v) is 11.0. The van der Waals surface area contributed by atoms with Crippen molar-refractivity contribution < 1.29 is 4.39 Å². The predicted molar refractivity (Wildman–Crippen MR) is 67.8 cm³/mol. The normalized spacial score (nSPS) is 12.8. The van der Waals surface area contributed by atoms with E-state index in [4.69, 9.17) is 5.73 Å². The van der Waals surface area contributed by atoms with Crippen molar-refractivity contribution in [3.8, 4) is 10.6 Å². The SMILES string of the molecule is CC(N)c1csc(-c2ccc(Br)cc2F)n1. The lowest BCUT2D eigenvalue weighted by atomic mass is 10.2. The van der Waals surface area contributed by atoms with Gasteiger partial charge in [0.05, 0.1) is 5.69 Å². The smallest absolute Gasteiger partial charge is 0.134 e. The van der Waals surface area contributed by atoms with E-state index in [0.29, 0.717) is 10.6 Å². The van der Waals surface area contributed by atoms with E-state index >= 15 is 0 Å². The van der Waals surface area contributed by atoms with Crippen molar-refractivity contribution in [2.45, 2.75) is 13.0 Å². The minimum atomic E-state index is -0.278. The number of halogens is 2. The number of nitrogens with zero attached hydrogens (tertiary/aromatic N) is 1. The van der Waals surface area contributed by atoms with E-state index in [-0.39, 0.29) is 11.9 Å². The molecule has 1 heterocycles. The number of benzene rings is 1. The maximum absolute atomic E-state index is 13.7. The third-order valence-electron chi connectivity index (χ3n) is 2.15. The molecule has 16 heavy (non-hydrogen) atoms. The van der Waals surface area contributed by atoms with Gasteiger partial charge in [0, 0.05) is 21.5 Å². The molecule has 0 fully saturated rings. The standard InChI is InChI=1S/C11H10BrFN2S/c1-6(14)10-5-16-11(15-10)8-3-2-7(12)4-9(8)13/h2-6H,14H2,1H3. The first kappa shape index (κ1) is 11.7. The first-order valence-electron chi connectivity index (χ1n) is 4.74. The van der Waals surface area contributed by atoms with E-state index in [2.05, 4.69) is 20.9 Å². The zero-order chi connectivity index (χ0) is 11.7. The average Bonchev–Trinajstić information content (AvgIpc) is 2.66. The van der Waals surface area contributed by atoms with Crippen molar-refractivity contribution in [3.05, 3.63) is 39.6 Å². The first-order chi connectivity index (χ1) is 7.58. The molecule has 0 aliphatic heterocycles. The van der Waals surface area contributed by atoms with Crippen LogP contribution in [0.4, 0.5) is 4.39 Å². The molecule has 0 spiro atoms. The van der Waals surface area contributed by atoms with Crippen LogP contribution in [-0.4, -0.2) is 4.98 Å². The molecule has 1 unspecified atom stereocenters. The molecule has 2 aromatic rings. The fourth-order valence-electron chi connectivity index (χ4n) is 1.28. The molecule has 0 aliphatic rings. The Balaban J connectivity index is 2.42. The van der Waals surface area contributed by atoms with Gasteiger partial charge in [-0.25, -0.2) is 9.37 Å². The van der Waals surface area contributed by atoms with Crippen LogP contribution < -0.4 is 5.73 Å². The number of aromatic nitrogens is 1. The Hall–Kier alpha value is -0.780. The molecule has 0 saturated carbocycles. The van der Waals surface area contributed by atoms with Crippen molar-refractivity contribution >= 4 is 27.3 Å². The third-order valence-corrected chi connectivity index (χ3v) is 3.54. The lowest BCUT2D eigenvalue weighted by Crippen LogP contribution is -2.04. The van der Waals surface area contributed by atoms with Gasteiger partial charge in [-0.1, -0.05) is 15.9 Å². The summed E-state index contributed by atoms with van der Waals surface area (Å²) in [6.45, 7) is 1.86. The second kappa shape index (κ2) is 4.61. The molecule has 0 bridgehead atoms. The summed E-state index contributed by atoms with van der Waals surface area (Å²) in [6, 6.07) is 4.82. The highest BCUT2D eigenvalue weighted by Crippen LogP contribution is 2.29. The topological polar surface area (TPSA) is 38.9 Å². The Morgan fingerprint density at radius 2 is 2.25 bits per heavy atom. The lowest BCUT2D eigenvalue weighted by molar-refractivity contribution is 0.630. The van der Waals surface area contributed by atoms with Gasteiger partial charge in [0.15, 0.2) is 0 Å². The molecule has 2 rings (SSSR count). The van der Waals surface area contributed by atoms with E-state index in [0.717, 1.165) is 10.2 Å². The van der Waals surface area contributed by atoms with Gasteiger partial charge in [-0.2, -0.15) is 0 Å².